The van der Waals surface area contributed by atoms with Gasteiger partial charge in [0.1, 0.15) is 0 Å². The molecule has 142 valence electrons. The van der Waals surface area contributed by atoms with Crippen LogP contribution >= 0.6 is 11.6 Å². The molecule has 2 aromatic carbocycles. The Kier molecular flexibility index (Phi) is 4.35. The highest BCUT2D eigenvalue weighted by Gasteiger charge is 2.20. The molecule has 0 radical (unpaired) electrons. The Morgan fingerprint density at radius 2 is 1.82 bits per heavy atom. The van der Waals surface area contributed by atoms with E-state index in [0.29, 0.717) is 41.8 Å². The minimum absolute atomic E-state index is 0.204. The van der Waals surface area contributed by atoms with Gasteiger partial charge in [0.15, 0.2) is 11.5 Å². The average Bonchev–Trinajstić information content (AvgIpc) is 3.14. The Balaban J connectivity index is 1.78. The van der Waals surface area contributed by atoms with Gasteiger partial charge in [-0.05, 0) is 30.3 Å². The van der Waals surface area contributed by atoms with Gasteiger partial charge in [-0.2, -0.15) is 0 Å². The van der Waals surface area contributed by atoms with E-state index in [9.17, 15) is 4.79 Å². The van der Waals surface area contributed by atoms with Gasteiger partial charge in [-0.15, -0.1) is 10.2 Å². The van der Waals surface area contributed by atoms with Crippen LogP contribution in [0.2, 0.25) is 5.02 Å². The number of benzene rings is 2. The van der Waals surface area contributed by atoms with Crippen LogP contribution in [0.1, 0.15) is 5.82 Å². The van der Waals surface area contributed by atoms with Crippen molar-refractivity contribution in [3.8, 4) is 5.69 Å². The van der Waals surface area contributed by atoms with E-state index in [0.717, 1.165) is 24.2 Å². The predicted molar refractivity (Wildman–Crippen MR) is 107 cm³/mol. The maximum Gasteiger partial charge on any atom is 0.340 e. The summed E-state index contributed by atoms with van der Waals surface area (Å²) in [5.74, 6) is 0.628. The smallest absolute Gasteiger partial charge is 0.340 e. The van der Waals surface area contributed by atoms with Crippen LogP contribution in [0.5, 0.6) is 0 Å². The number of nitrogens with zero attached hydrogens (tertiary/aromatic N) is 5. The van der Waals surface area contributed by atoms with E-state index in [1.54, 1.807) is 21.1 Å². The van der Waals surface area contributed by atoms with Crippen molar-refractivity contribution in [1.29, 1.82) is 0 Å². The minimum atomic E-state index is -0.204. The van der Waals surface area contributed by atoms with Gasteiger partial charge >= 0.3 is 5.69 Å². The van der Waals surface area contributed by atoms with Crippen LogP contribution in [0.15, 0.2) is 53.3 Å². The van der Waals surface area contributed by atoms with Crippen molar-refractivity contribution in [2.45, 2.75) is 6.54 Å². The van der Waals surface area contributed by atoms with E-state index in [4.69, 9.17) is 16.3 Å². The van der Waals surface area contributed by atoms with Gasteiger partial charge in [0, 0.05) is 23.5 Å². The van der Waals surface area contributed by atoms with Crippen LogP contribution in [0.25, 0.3) is 22.2 Å². The summed E-state index contributed by atoms with van der Waals surface area (Å²) < 4.78 is 8.69. The number of halogens is 1. The highest BCUT2D eigenvalue weighted by molar-refractivity contribution is 6.31. The normalized spacial score (nSPS) is 15.5. The first kappa shape index (κ1) is 17.4. The molecule has 0 unspecified atom stereocenters. The van der Waals surface area contributed by atoms with Crippen LogP contribution in [0.4, 0.5) is 0 Å². The zero-order valence-corrected chi connectivity index (χ0v) is 15.8. The molecular weight excluding hydrogens is 378 g/mol. The van der Waals surface area contributed by atoms with Gasteiger partial charge in [-0.1, -0.05) is 29.8 Å². The van der Waals surface area contributed by atoms with Gasteiger partial charge < -0.3 is 4.74 Å². The molecule has 8 heteroatoms. The molecular formula is C20H18ClN5O2. The fourth-order valence-corrected chi connectivity index (χ4v) is 3.83. The molecule has 0 atom stereocenters. The first-order chi connectivity index (χ1) is 13.7. The fourth-order valence-electron chi connectivity index (χ4n) is 3.66. The lowest BCUT2D eigenvalue weighted by atomic mass is 10.2. The topological polar surface area (TPSA) is 64.7 Å². The third kappa shape index (κ3) is 2.88. The zero-order valence-electron chi connectivity index (χ0n) is 15.1. The van der Waals surface area contributed by atoms with Crippen molar-refractivity contribution in [3.05, 3.63) is 69.9 Å². The average molecular weight is 396 g/mol. The van der Waals surface area contributed by atoms with Crippen molar-refractivity contribution in [2.24, 2.45) is 0 Å². The van der Waals surface area contributed by atoms with Gasteiger partial charge in [-0.25, -0.2) is 9.20 Å². The molecule has 1 aliphatic heterocycles. The maximum atomic E-state index is 13.5. The summed E-state index contributed by atoms with van der Waals surface area (Å²) in [5.41, 5.74) is 1.82. The molecule has 7 nitrogen and oxygen atoms in total. The molecule has 1 aliphatic rings. The SMILES string of the molecule is O=c1n(-c2ccccc2)c2cc(Cl)ccc2c2nnc(CN3CCOCC3)n12. The number of hydrogen-bond donors (Lipinski definition) is 0. The lowest BCUT2D eigenvalue weighted by molar-refractivity contribution is 0.0329. The number of hydrogen-bond acceptors (Lipinski definition) is 5. The number of para-hydroxylation sites is 1. The molecule has 1 saturated heterocycles. The number of aromatic nitrogens is 4. The summed E-state index contributed by atoms with van der Waals surface area (Å²) in [5, 5.41) is 10.1. The van der Waals surface area contributed by atoms with E-state index < -0.39 is 0 Å². The quantitative estimate of drug-likeness (QED) is 0.533. The van der Waals surface area contributed by atoms with Gasteiger partial charge in [0.2, 0.25) is 0 Å². The standard InChI is InChI=1S/C20H18ClN5O2/c21-14-6-7-16-17(12-14)25(15-4-2-1-3-5-15)20(27)26-18(22-23-19(16)26)13-24-8-10-28-11-9-24/h1-7,12H,8-11,13H2. The molecule has 2 aromatic heterocycles. The first-order valence-electron chi connectivity index (χ1n) is 9.16. The zero-order chi connectivity index (χ0) is 19.1. The fraction of sp³-hybridized carbons (Fsp3) is 0.250. The van der Waals surface area contributed by atoms with Gasteiger partial charge in [-0.3, -0.25) is 9.47 Å². The van der Waals surface area contributed by atoms with E-state index in [2.05, 4.69) is 15.1 Å². The van der Waals surface area contributed by atoms with Crippen LogP contribution in [0.3, 0.4) is 0 Å². The van der Waals surface area contributed by atoms with Gasteiger partial charge in [0.05, 0.1) is 31.0 Å². The highest BCUT2D eigenvalue weighted by Crippen LogP contribution is 2.24. The Bertz CT molecular complexity index is 1210. The summed E-state index contributed by atoms with van der Waals surface area (Å²) in [6.07, 6.45) is 0. The Morgan fingerprint density at radius 1 is 1.04 bits per heavy atom. The molecule has 4 aromatic rings. The molecule has 5 rings (SSSR count). The molecule has 0 bridgehead atoms. The van der Waals surface area contributed by atoms with E-state index in [1.165, 1.54) is 0 Å². The number of morpholine rings is 1. The second-order valence-electron chi connectivity index (χ2n) is 6.78. The lowest BCUT2D eigenvalue weighted by Crippen LogP contribution is -2.37. The third-order valence-electron chi connectivity index (χ3n) is 5.04. The Morgan fingerprint density at radius 3 is 2.61 bits per heavy atom. The van der Waals surface area contributed by atoms with Gasteiger partial charge in [0.25, 0.3) is 0 Å². The second kappa shape index (κ2) is 7.01. The monoisotopic (exact) mass is 395 g/mol. The highest BCUT2D eigenvalue weighted by atomic mass is 35.5. The molecule has 0 N–H and O–H groups in total. The Labute approximate surface area is 165 Å². The number of ether oxygens (including phenoxy) is 1. The van der Waals surface area contributed by atoms with Crippen molar-refractivity contribution < 1.29 is 4.74 Å². The van der Waals surface area contributed by atoms with E-state index >= 15 is 0 Å². The van der Waals surface area contributed by atoms with Crippen LogP contribution < -0.4 is 5.69 Å². The van der Waals surface area contributed by atoms with E-state index in [1.807, 2.05) is 36.4 Å². The lowest BCUT2D eigenvalue weighted by Gasteiger charge is -2.25. The van der Waals surface area contributed by atoms with Crippen LogP contribution in [-0.2, 0) is 11.3 Å². The number of rotatable bonds is 3. The van der Waals surface area contributed by atoms with Crippen molar-refractivity contribution >= 4 is 28.2 Å². The summed E-state index contributed by atoms with van der Waals surface area (Å²) in [4.78, 5) is 15.8. The molecule has 0 saturated carbocycles. The Hall–Kier alpha value is -2.74. The molecule has 0 spiro atoms. The summed E-state index contributed by atoms with van der Waals surface area (Å²) in [7, 11) is 0. The largest absolute Gasteiger partial charge is 0.379 e. The predicted octanol–water partition coefficient (Wildman–Crippen LogP) is 2.52. The molecule has 1 fully saturated rings. The van der Waals surface area contributed by atoms with Crippen molar-refractivity contribution in [3.63, 3.8) is 0 Å². The first-order valence-corrected chi connectivity index (χ1v) is 9.54. The number of fused-ring (bicyclic) bond motifs is 3. The summed E-state index contributed by atoms with van der Waals surface area (Å²) >= 11 is 6.24. The molecule has 0 amide bonds. The summed E-state index contributed by atoms with van der Waals surface area (Å²) in [6.45, 7) is 3.54. The second-order valence-corrected chi connectivity index (χ2v) is 7.22. The minimum Gasteiger partial charge on any atom is -0.379 e. The van der Waals surface area contributed by atoms with Crippen LogP contribution in [-0.4, -0.2) is 50.4 Å². The van der Waals surface area contributed by atoms with Crippen LogP contribution in [0, 0.1) is 0 Å². The maximum absolute atomic E-state index is 13.5. The molecule has 28 heavy (non-hydrogen) atoms. The van der Waals surface area contributed by atoms with Crippen molar-refractivity contribution in [2.75, 3.05) is 26.3 Å². The van der Waals surface area contributed by atoms with Crippen molar-refractivity contribution in [1.82, 2.24) is 24.1 Å². The molecule has 0 aliphatic carbocycles. The third-order valence-corrected chi connectivity index (χ3v) is 5.27. The van der Waals surface area contributed by atoms with E-state index in [-0.39, 0.29) is 5.69 Å². The molecule has 3 heterocycles. The summed E-state index contributed by atoms with van der Waals surface area (Å²) in [6, 6.07) is 15.0.